The molecule has 6 rings (SSSR count). The smallest absolute Gasteiger partial charge is 0.247 e. The number of hydroxylamine groups is 1. The number of amides is 1. The van der Waals surface area contributed by atoms with Gasteiger partial charge in [0.2, 0.25) is 5.91 Å². The standard InChI is InChI=1S/C29H33N7O3/c1-4-29(37)33-20-13-21(26(38-3)14-23(20)35-17-24-25(35)16-34(24)5-2)32-27-15-28(31-18-30-27)36-22(11-12-39-36)19-9-7-6-8-10-19/h4,6-10,13-15,18,22,24-25H,1,5,11-12,16-17H2,2-3H3,(H,33,37)(H,30,31,32)/t22-,24?,25?/m1/s1. The number of methoxy groups -OCH3 is 1. The maximum atomic E-state index is 12.3. The van der Waals surface area contributed by atoms with Gasteiger partial charge >= 0.3 is 0 Å². The molecule has 1 aromatic heterocycles. The Morgan fingerprint density at radius 2 is 2.00 bits per heavy atom. The maximum Gasteiger partial charge on any atom is 0.247 e. The van der Waals surface area contributed by atoms with Crippen LogP contribution in [0.2, 0.25) is 0 Å². The van der Waals surface area contributed by atoms with Crippen molar-refractivity contribution >= 4 is 34.6 Å². The number of rotatable bonds is 9. The van der Waals surface area contributed by atoms with E-state index in [1.807, 2.05) is 41.5 Å². The summed E-state index contributed by atoms with van der Waals surface area (Å²) in [5.74, 6) is 1.62. The molecule has 3 atom stereocenters. The Hall–Kier alpha value is -4.15. The van der Waals surface area contributed by atoms with Gasteiger partial charge in [-0.15, -0.1) is 0 Å². The molecule has 3 aromatic rings. The van der Waals surface area contributed by atoms with Crippen molar-refractivity contribution in [2.75, 3.05) is 53.9 Å². The van der Waals surface area contributed by atoms with E-state index in [4.69, 9.17) is 9.57 Å². The molecule has 10 nitrogen and oxygen atoms in total. The number of anilines is 5. The van der Waals surface area contributed by atoms with Crippen LogP contribution in [-0.2, 0) is 9.63 Å². The summed E-state index contributed by atoms with van der Waals surface area (Å²) in [6.07, 6.45) is 3.66. The lowest BCUT2D eigenvalue weighted by Crippen LogP contribution is -2.79. The first-order chi connectivity index (χ1) is 19.1. The zero-order valence-corrected chi connectivity index (χ0v) is 22.2. The van der Waals surface area contributed by atoms with Crippen LogP contribution in [0.4, 0.5) is 28.7 Å². The topological polar surface area (TPSA) is 95.1 Å². The minimum Gasteiger partial charge on any atom is -0.494 e. The Bertz CT molecular complexity index is 1370. The van der Waals surface area contributed by atoms with Gasteiger partial charge in [-0.2, -0.15) is 0 Å². The second kappa shape index (κ2) is 10.5. The highest BCUT2D eigenvalue weighted by molar-refractivity contribution is 6.02. The minimum absolute atomic E-state index is 0.0685. The van der Waals surface area contributed by atoms with Crippen molar-refractivity contribution < 1.29 is 14.4 Å². The monoisotopic (exact) mass is 527 g/mol. The summed E-state index contributed by atoms with van der Waals surface area (Å²) >= 11 is 0. The van der Waals surface area contributed by atoms with Crippen LogP contribution in [0, 0.1) is 0 Å². The van der Waals surface area contributed by atoms with Crippen LogP contribution in [0.25, 0.3) is 0 Å². The summed E-state index contributed by atoms with van der Waals surface area (Å²) in [6.45, 7) is 9.41. The number of fused-ring (bicyclic) bond motifs is 1. The van der Waals surface area contributed by atoms with Gasteiger partial charge in [0, 0.05) is 37.7 Å². The second-order valence-corrected chi connectivity index (χ2v) is 9.90. The lowest BCUT2D eigenvalue weighted by atomic mass is 9.84. The zero-order chi connectivity index (χ0) is 26.9. The van der Waals surface area contributed by atoms with Crippen molar-refractivity contribution in [1.82, 2.24) is 14.9 Å². The van der Waals surface area contributed by atoms with Gasteiger partial charge in [-0.3, -0.25) is 14.5 Å². The number of likely N-dealkylation sites (N-methyl/N-ethyl adjacent to an activating group) is 1. The van der Waals surface area contributed by atoms with Crippen LogP contribution >= 0.6 is 0 Å². The van der Waals surface area contributed by atoms with Crippen molar-refractivity contribution in [1.29, 1.82) is 0 Å². The van der Waals surface area contributed by atoms with Gasteiger partial charge in [-0.1, -0.05) is 43.8 Å². The maximum absolute atomic E-state index is 12.3. The van der Waals surface area contributed by atoms with Gasteiger partial charge in [-0.25, -0.2) is 15.0 Å². The number of benzene rings is 2. The number of likely N-dealkylation sites (tertiary alicyclic amines) is 1. The van der Waals surface area contributed by atoms with E-state index >= 15 is 0 Å². The largest absolute Gasteiger partial charge is 0.494 e. The lowest BCUT2D eigenvalue weighted by Gasteiger charge is -2.63. The summed E-state index contributed by atoms with van der Waals surface area (Å²) in [6, 6.07) is 17.1. The number of carbonyl (C=O) groups is 1. The highest BCUT2D eigenvalue weighted by Crippen LogP contribution is 2.45. The van der Waals surface area contributed by atoms with E-state index in [1.54, 1.807) is 7.11 Å². The molecule has 202 valence electrons. The summed E-state index contributed by atoms with van der Waals surface area (Å²) in [7, 11) is 1.64. The van der Waals surface area contributed by atoms with Crippen LogP contribution in [0.3, 0.4) is 0 Å². The molecule has 39 heavy (non-hydrogen) atoms. The van der Waals surface area contributed by atoms with Gasteiger partial charge in [0.05, 0.1) is 42.9 Å². The van der Waals surface area contributed by atoms with E-state index in [0.717, 1.165) is 31.7 Å². The molecule has 0 saturated carbocycles. The average molecular weight is 528 g/mol. The number of aromatic nitrogens is 2. The number of hydrogen-bond donors (Lipinski definition) is 2. The van der Waals surface area contributed by atoms with E-state index < -0.39 is 0 Å². The van der Waals surface area contributed by atoms with Gasteiger partial charge in [0.15, 0.2) is 5.82 Å². The van der Waals surface area contributed by atoms with Gasteiger partial charge < -0.3 is 20.3 Å². The normalized spacial score (nSPS) is 21.9. The first kappa shape index (κ1) is 25.1. The zero-order valence-electron chi connectivity index (χ0n) is 22.2. The van der Waals surface area contributed by atoms with Crippen molar-refractivity contribution in [3.05, 3.63) is 73.1 Å². The third kappa shape index (κ3) is 4.66. The molecule has 0 spiro atoms. The molecule has 2 N–H and O–H groups in total. The van der Waals surface area contributed by atoms with Gasteiger partial charge in [0.25, 0.3) is 0 Å². The molecular formula is C29H33N7O3. The first-order valence-corrected chi connectivity index (χ1v) is 13.3. The second-order valence-electron chi connectivity index (χ2n) is 9.90. The molecule has 10 heteroatoms. The lowest BCUT2D eigenvalue weighted by molar-refractivity contribution is -0.111. The van der Waals surface area contributed by atoms with Gasteiger partial charge in [0.1, 0.15) is 17.9 Å². The number of hydrogen-bond acceptors (Lipinski definition) is 9. The molecule has 3 fully saturated rings. The molecule has 2 unspecified atom stereocenters. The summed E-state index contributed by atoms with van der Waals surface area (Å²) in [4.78, 5) is 32.0. The third-order valence-electron chi connectivity index (χ3n) is 7.83. The van der Waals surface area contributed by atoms with Crippen molar-refractivity contribution in [2.45, 2.75) is 31.5 Å². The number of piperazine rings is 1. The van der Waals surface area contributed by atoms with E-state index in [0.29, 0.717) is 47.5 Å². The summed E-state index contributed by atoms with van der Waals surface area (Å²) < 4.78 is 5.78. The number of nitrogens with zero attached hydrogens (tertiary/aromatic N) is 5. The molecule has 0 radical (unpaired) electrons. The Balaban J connectivity index is 1.28. The van der Waals surface area contributed by atoms with Crippen LogP contribution in [0.1, 0.15) is 24.9 Å². The molecule has 3 aliphatic heterocycles. The van der Waals surface area contributed by atoms with E-state index in [-0.39, 0.29) is 11.9 Å². The highest BCUT2D eigenvalue weighted by atomic mass is 16.7. The molecule has 3 saturated heterocycles. The molecular weight excluding hydrogens is 494 g/mol. The quantitative estimate of drug-likeness (QED) is 0.398. The Morgan fingerprint density at radius 1 is 1.15 bits per heavy atom. The van der Waals surface area contributed by atoms with Crippen molar-refractivity contribution in [2.24, 2.45) is 0 Å². The first-order valence-electron chi connectivity index (χ1n) is 13.3. The van der Waals surface area contributed by atoms with E-state index in [2.05, 4.69) is 56.0 Å². The molecule has 1 amide bonds. The Kier molecular flexibility index (Phi) is 6.80. The van der Waals surface area contributed by atoms with Crippen LogP contribution in [-0.4, -0.2) is 66.2 Å². The van der Waals surface area contributed by atoms with Crippen LogP contribution in [0.5, 0.6) is 5.75 Å². The Labute approximate surface area is 228 Å². The SMILES string of the molecule is C=CC(=O)Nc1cc(Nc2cc(N3OCC[C@@H]3c3ccccc3)ncn2)c(OC)cc1N1CC2C1CN2CC. The van der Waals surface area contributed by atoms with Crippen molar-refractivity contribution in [3.8, 4) is 5.75 Å². The molecule has 2 aromatic carbocycles. The fourth-order valence-corrected chi connectivity index (χ4v) is 5.69. The van der Waals surface area contributed by atoms with E-state index in [1.165, 1.54) is 18.0 Å². The minimum atomic E-state index is -0.268. The fraction of sp³-hybridized carbons (Fsp3) is 0.345. The average Bonchev–Trinajstić information content (AvgIpc) is 3.45. The third-order valence-corrected chi connectivity index (χ3v) is 7.83. The number of carbonyl (C=O) groups excluding carboxylic acids is 1. The summed E-state index contributed by atoms with van der Waals surface area (Å²) in [5.41, 5.74) is 3.47. The van der Waals surface area contributed by atoms with Crippen LogP contribution in [0.15, 0.2) is 67.5 Å². The molecule has 0 aliphatic carbocycles. The van der Waals surface area contributed by atoms with E-state index in [9.17, 15) is 4.79 Å². The van der Waals surface area contributed by atoms with Crippen molar-refractivity contribution in [3.63, 3.8) is 0 Å². The predicted octanol–water partition coefficient (Wildman–Crippen LogP) is 4.13. The van der Waals surface area contributed by atoms with Gasteiger partial charge in [-0.05, 0) is 24.3 Å². The molecule has 0 bridgehead atoms. The molecule has 3 aliphatic rings. The highest BCUT2D eigenvalue weighted by Gasteiger charge is 2.51. The molecule has 4 heterocycles. The Morgan fingerprint density at radius 3 is 2.72 bits per heavy atom. The predicted molar refractivity (Wildman–Crippen MR) is 152 cm³/mol. The van der Waals surface area contributed by atoms with Crippen LogP contribution < -0.4 is 25.3 Å². The number of ether oxygens (including phenoxy) is 1. The summed E-state index contributed by atoms with van der Waals surface area (Å²) in [5, 5.41) is 8.19. The fourth-order valence-electron chi connectivity index (χ4n) is 5.69. The number of nitrogens with one attached hydrogen (secondary N) is 2.